The second kappa shape index (κ2) is 5.11. The molecule has 0 bridgehead atoms. The van der Waals surface area contributed by atoms with Crippen molar-refractivity contribution in [2.75, 3.05) is 12.3 Å². The van der Waals surface area contributed by atoms with Gasteiger partial charge < -0.3 is 21.1 Å². The summed E-state index contributed by atoms with van der Waals surface area (Å²) in [5.41, 5.74) is 7.62. The van der Waals surface area contributed by atoms with E-state index in [9.17, 15) is 10.2 Å². The van der Waals surface area contributed by atoms with Gasteiger partial charge in [0.2, 0.25) is 0 Å². The standard InChI is InChI=1S/C11H17NO3/c1-7-2-3-8(12)6-9(7)11(15)10(14)4-5-13/h2-3,6,10-11,13-15H,4-5,12H2,1H3. The Morgan fingerprint density at radius 2 is 2.00 bits per heavy atom. The molecule has 1 aromatic rings. The summed E-state index contributed by atoms with van der Waals surface area (Å²) in [6, 6.07) is 5.17. The Hall–Kier alpha value is -1.10. The predicted molar refractivity (Wildman–Crippen MR) is 58.3 cm³/mol. The molecule has 4 heteroatoms. The van der Waals surface area contributed by atoms with E-state index in [0.29, 0.717) is 11.3 Å². The van der Waals surface area contributed by atoms with E-state index in [-0.39, 0.29) is 13.0 Å². The number of nitrogen functional groups attached to an aromatic ring is 1. The quantitative estimate of drug-likeness (QED) is 0.541. The Bertz CT molecular complexity index is 328. The number of hydrogen-bond donors (Lipinski definition) is 4. The van der Waals surface area contributed by atoms with Crippen molar-refractivity contribution in [3.05, 3.63) is 29.3 Å². The average Bonchev–Trinajstić information content (AvgIpc) is 2.21. The summed E-state index contributed by atoms with van der Waals surface area (Å²) in [5, 5.41) is 28.0. The Labute approximate surface area is 89.0 Å². The molecule has 0 amide bonds. The van der Waals surface area contributed by atoms with E-state index in [0.717, 1.165) is 5.56 Å². The maximum Gasteiger partial charge on any atom is 0.105 e. The van der Waals surface area contributed by atoms with E-state index >= 15 is 0 Å². The highest BCUT2D eigenvalue weighted by Gasteiger charge is 2.19. The first-order valence-corrected chi connectivity index (χ1v) is 4.89. The van der Waals surface area contributed by atoms with E-state index in [4.69, 9.17) is 10.8 Å². The molecule has 0 aliphatic rings. The van der Waals surface area contributed by atoms with Gasteiger partial charge in [0.25, 0.3) is 0 Å². The van der Waals surface area contributed by atoms with Crippen LogP contribution >= 0.6 is 0 Å². The van der Waals surface area contributed by atoms with Crippen LogP contribution in [0.4, 0.5) is 5.69 Å². The molecule has 0 radical (unpaired) electrons. The van der Waals surface area contributed by atoms with Gasteiger partial charge in [-0.3, -0.25) is 0 Å². The van der Waals surface area contributed by atoms with E-state index in [2.05, 4.69) is 0 Å². The second-order valence-electron chi connectivity index (χ2n) is 3.64. The first-order valence-electron chi connectivity index (χ1n) is 4.89. The van der Waals surface area contributed by atoms with Crippen LogP contribution in [0.1, 0.15) is 23.7 Å². The number of anilines is 1. The first-order chi connectivity index (χ1) is 7.06. The molecule has 0 aliphatic carbocycles. The highest BCUT2D eigenvalue weighted by atomic mass is 16.3. The van der Waals surface area contributed by atoms with Crippen molar-refractivity contribution in [2.24, 2.45) is 0 Å². The minimum absolute atomic E-state index is 0.148. The molecule has 1 rings (SSSR count). The fourth-order valence-corrected chi connectivity index (χ4v) is 1.48. The first kappa shape index (κ1) is 12.0. The molecule has 0 fully saturated rings. The van der Waals surface area contributed by atoms with Crippen LogP contribution < -0.4 is 5.73 Å². The molecule has 0 saturated heterocycles. The van der Waals surface area contributed by atoms with Crippen LogP contribution in [-0.4, -0.2) is 28.0 Å². The minimum atomic E-state index is -0.999. The maximum absolute atomic E-state index is 9.81. The normalized spacial score (nSPS) is 14.9. The van der Waals surface area contributed by atoms with E-state index in [1.165, 1.54) is 0 Å². The number of rotatable bonds is 4. The number of hydrogen-bond acceptors (Lipinski definition) is 4. The summed E-state index contributed by atoms with van der Waals surface area (Å²) >= 11 is 0. The molecular formula is C11H17NO3. The Balaban J connectivity index is 2.89. The highest BCUT2D eigenvalue weighted by molar-refractivity contribution is 5.45. The average molecular weight is 211 g/mol. The van der Waals surface area contributed by atoms with Crippen molar-refractivity contribution in [3.63, 3.8) is 0 Å². The third-order valence-electron chi connectivity index (χ3n) is 2.41. The topological polar surface area (TPSA) is 86.7 Å². The Morgan fingerprint density at radius 3 is 2.60 bits per heavy atom. The number of aryl methyl sites for hydroxylation is 1. The van der Waals surface area contributed by atoms with Crippen molar-refractivity contribution in [2.45, 2.75) is 25.6 Å². The lowest BCUT2D eigenvalue weighted by Gasteiger charge is -2.19. The van der Waals surface area contributed by atoms with Crippen molar-refractivity contribution in [1.29, 1.82) is 0 Å². The fraction of sp³-hybridized carbons (Fsp3) is 0.455. The predicted octanol–water partition coefficient (Wildman–Crippen LogP) is 0.354. The minimum Gasteiger partial charge on any atom is -0.399 e. The summed E-state index contributed by atoms with van der Waals surface area (Å²) in [7, 11) is 0. The molecule has 4 nitrogen and oxygen atoms in total. The van der Waals surface area contributed by atoms with Gasteiger partial charge in [-0.25, -0.2) is 0 Å². The largest absolute Gasteiger partial charge is 0.399 e. The number of aliphatic hydroxyl groups excluding tert-OH is 3. The van der Waals surface area contributed by atoms with E-state index < -0.39 is 12.2 Å². The maximum atomic E-state index is 9.81. The molecule has 0 aliphatic heterocycles. The summed E-state index contributed by atoms with van der Waals surface area (Å²) < 4.78 is 0. The molecule has 84 valence electrons. The molecule has 15 heavy (non-hydrogen) atoms. The number of benzene rings is 1. The summed E-state index contributed by atoms with van der Waals surface area (Å²) in [6.07, 6.45) is -1.81. The van der Waals surface area contributed by atoms with Crippen molar-refractivity contribution < 1.29 is 15.3 Å². The second-order valence-corrected chi connectivity index (χ2v) is 3.64. The molecule has 1 aromatic carbocycles. The van der Waals surface area contributed by atoms with Crippen LogP contribution in [-0.2, 0) is 0 Å². The SMILES string of the molecule is Cc1ccc(N)cc1C(O)C(O)CCO. The molecule has 0 saturated carbocycles. The summed E-state index contributed by atoms with van der Waals surface area (Å²) in [4.78, 5) is 0. The van der Waals surface area contributed by atoms with Crippen LogP contribution in [0.3, 0.4) is 0 Å². The van der Waals surface area contributed by atoms with Gasteiger partial charge in [0, 0.05) is 12.3 Å². The lowest BCUT2D eigenvalue weighted by Crippen LogP contribution is -2.20. The third kappa shape index (κ3) is 2.92. The summed E-state index contributed by atoms with van der Waals surface area (Å²) in [6.45, 7) is 1.68. The summed E-state index contributed by atoms with van der Waals surface area (Å²) in [5.74, 6) is 0. The monoisotopic (exact) mass is 211 g/mol. The van der Waals surface area contributed by atoms with Crippen LogP contribution in [0.25, 0.3) is 0 Å². The van der Waals surface area contributed by atoms with Gasteiger partial charge in [0.15, 0.2) is 0 Å². The van der Waals surface area contributed by atoms with Gasteiger partial charge in [-0.05, 0) is 36.6 Å². The smallest absolute Gasteiger partial charge is 0.105 e. The van der Waals surface area contributed by atoms with Gasteiger partial charge >= 0.3 is 0 Å². The van der Waals surface area contributed by atoms with Crippen molar-refractivity contribution in [1.82, 2.24) is 0 Å². The fourth-order valence-electron chi connectivity index (χ4n) is 1.48. The third-order valence-corrected chi connectivity index (χ3v) is 2.41. The molecule has 0 heterocycles. The van der Waals surface area contributed by atoms with E-state index in [1.807, 2.05) is 6.92 Å². The Kier molecular flexibility index (Phi) is 4.08. The zero-order valence-electron chi connectivity index (χ0n) is 8.72. The van der Waals surface area contributed by atoms with Gasteiger partial charge in [-0.2, -0.15) is 0 Å². The number of aliphatic hydroxyl groups is 3. The molecular weight excluding hydrogens is 194 g/mol. The van der Waals surface area contributed by atoms with Crippen LogP contribution in [0.5, 0.6) is 0 Å². The highest BCUT2D eigenvalue weighted by Crippen LogP contribution is 2.24. The lowest BCUT2D eigenvalue weighted by molar-refractivity contribution is 0.00392. The number of nitrogens with two attached hydrogens (primary N) is 1. The van der Waals surface area contributed by atoms with Gasteiger partial charge in [0.1, 0.15) is 6.10 Å². The molecule has 2 unspecified atom stereocenters. The molecule has 5 N–H and O–H groups in total. The van der Waals surface area contributed by atoms with Gasteiger partial charge in [-0.15, -0.1) is 0 Å². The van der Waals surface area contributed by atoms with Crippen LogP contribution in [0, 0.1) is 6.92 Å². The van der Waals surface area contributed by atoms with Crippen molar-refractivity contribution >= 4 is 5.69 Å². The molecule has 0 spiro atoms. The lowest BCUT2D eigenvalue weighted by atomic mass is 9.97. The van der Waals surface area contributed by atoms with E-state index in [1.54, 1.807) is 18.2 Å². The van der Waals surface area contributed by atoms with Crippen molar-refractivity contribution in [3.8, 4) is 0 Å². The van der Waals surface area contributed by atoms with Gasteiger partial charge in [-0.1, -0.05) is 6.07 Å². The van der Waals surface area contributed by atoms with Crippen LogP contribution in [0.15, 0.2) is 18.2 Å². The van der Waals surface area contributed by atoms with Gasteiger partial charge in [0.05, 0.1) is 6.10 Å². The zero-order chi connectivity index (χ0) is 11.4. The van der Waals surface area contributed by atoms with Crippen LogP contribution in [0.2, 0.25) is 0 Å². The molecule has 0 aromatic heterocycles. The Morgan fingerprint density at radius 1 is 1.33 bits per heavy atom. The zero-order valence-corrected chi connectivity index (χ0v) is 8.72. The molecule has 2 atom stereocenters.